The summed E-state index contributed by atoms with van der Waals surface area (Å²) < 4.78 is 0. The molecule has 0 aromatic carbocycles. The molecule has 0 fully saturated rings. The molecule has 0 aliphatic carbocycles. The van der Waals surface area contributed by atoms with Gasteiger partial charge in [0.15, 0.2) is 11.3 Å². The number of amidine groups is 1. The van der Waals surface area contributed by atoms with E-state index in [0.29, 0.717) is 0 Å². The van der Waals surface area contributed by atoms with Crippen LogP contribution in [0, 0.1) is 0 Å². The fourth-order valence-corrected chi connectivity index (χ4v) is 1.58. The van der Waals surface area contributed by atoms with Gasteiger partial charge in [0.25, 0.3) is 5.91 Å². The first-order chi connectivity index (χ1) is 6.11. The van der Waals surface area contributed by atoms with Gasteiger partial charge in [-0.3, -0.25) is 4.79 Å². The Morgan fingerprint density at radius 2 is 2.38 bits per heavy atom. The largest absolute Gasteiger partial charge is 0.410 e. The van der Waals surface area contributed by atoms with Crippen LogP contribution in [0.3, 0.4) is 0 Å². The molecule has 13 heavy (non-hydrogen) atoms. The molecule has 6 nitrogen and oxygen atoms in total. The van der Waals surface area contributed by atoms with Crippen molar-refractivity contribution in [2.45, 2.75) is 5.50 Å². The van der Waals surface area contributed by atoms with Crippen LogP contribution >= 0.6 is 11.8 Å². The lowest BCUT2D eigenvalue weighted by Crippen LogP contribution is -2.49. The highest BCUT2D eigenvalue weighted by atomic mass is 32.2. The predicted molar refractivity (Wildman–Crippen MR) is 50.9 cm³/mol. The molecule has 1 aliphatic rings. The maximum Gasteiger partial charge on any atom is 0.281 e. The normalized spacial score (nSPS) is 26.5. The summed E-state index contributed by atoms with van der Waals surface area (Å²) in [5.41, 5.74) is 4.87. The van der Waals surface area contributed by atoms with E-state index in [-0.39, 0.29) is 17.0 Å². The van der Waals surface area contributed by atoms with Crippen molar-refractivity contribution in [1.82, 2.24) is 4.90 Å². The van der Waals surface area contributed by atoms with Gasteiger partial charge in [-0.15, -0.1) is 11.8 Å². The molecular weight excluding hydrogens is 192 g/mol. The van der Waals surface area contributed by atoms with Gasteiger partial charge in [-0.2, -0.15) is 0 Å². The van der Waals surface area contributed by atoms with Gasteiger partial charge < -0.3 is 15.8 Å². The van der Waals surface area contributed by atoms with Crippen molar-refractivity contribution >= 4 is 29.2 Å². The van der Waals surface area contributed by atoms with E-state index in [0.717, 1.165) is 0 Å². The SMILES string of the molecule is CSC1N=C(N)/C(=N\O)C(=O)N1C. The van der Waals surface area contributed by atoms with Crippen molar-refractivity contribution in [1.29, 1.82) is 0 Å². The van der Waals surface area contributed by atoms with E-state index in [1.807, 2.05) is 6.26 Å². The molecule has 0 spiro atoms. The molecule has 1 unspecified atom stereocenters. The monoisotopic (exact) mass is 202 g/mol. The number of thioether (sulfide) groups is 1. The lowest BCUT2D eigenvalue weighted by molar-refractivity contribution is -0.123. The molecule has 72 valence electrons. The summed E-state index contributed by atoms with van der Waals surface area (Å²) in [5.74, 6) is -0.445. The van der Waals surface area contributed by atoms with E-state index < -0.39 is 5.91 Å². The number of carbonyl (C=O) groups excluding carboxylic acids is 1. The zero-order valence-electron chi connectivity index (χ0n) is 7.26. The maximum atomic E-state index is 11.4. The first-order valence-corrected chi connectivity index (χ1v) is 4.76. The predicted octanol–water partition coefficient (Wildman–Crippen LogP) is -0.708. The van der Waals surface area contributed by atoms with E-state index in [2.05, 4.69) is 10.1 Å². The standard InChI is InChI=1S/C6H10N4O2S/c1-10-5(11)3(9-12)4(7)8-6(10)13-2/h6,12H,1-2H3,(H2,7,8)/b9-3+. The first-order valence-electron chi connectivity index (χ1n) is 3.47. The van der Waals surface area contributed by atoms with Crippen LogP contribution in [0.25, 0.3) is 0 Å². The van der Waals surface area contributed by atoms with Gasteiger partial charge in [0, 0.05) is 7.05 Å². The number of nitrogens with two attached hydrogens (primary N) is 1. The molecular formula is C6H10N4O2S. The minimum Gasteiger partial charge on any atom is -0.410 e. The Morgan fingerprint density at radius 3 is 2.85 bits per heavy atom. The Morgan fingerprint density at radius 1 is 1.77 bits per heavy atom. The van der Waals surface area contributed by atoms with Crippen molar-refractivity contribution in [2.75, 3.05) is 13.3 Å². The van der Waals surface area contributed by atoms with Crippen LogP contribution in [-0.2, 0) is 4.79 Å². The lowest BCUT2D eigenvalue weighted by atomic mass is 10.3. The van der Waals surface area contributed by atoms with Crippen molar-refractivity contribution in [3.63, 3.8) is 0 Å². The van der Waals surface area contributed by atoms with Crippen molar-refractivity contribution in [3.8, 4) is 0 Å². The van der Waals surface area contributed by atoms with Gasteiger partial charge >= 0.3 is 0 Å². The number of nitrogens with zero attached hydrogens (tertiary/aromatic N) is 3. The molecule has 1 aliphatic heterocycles. The summed E-state index contributed by atoms with van der Waals surface area (Å²) in [6.45, 7) is 0. The van der Waals surface area contributed by atoms with Crippen LogP contribution in [0.15, 0.2) is 10.1 Å². The Labute approximate surface area is 79.5 Å². The van der Waals surface area contributed by atoms with Crippen molar-refractivity contribution < 1.29 is 10.0 Å². The van der Waals surface area contributed by atoms with E-state index in [1.165, 1.54) is 16.7 Å². The molecule has 0 radical (unpaired) electrons. The Hall–Kier alpha value is -1.24. The molecule has 1 heterocycles. The summed E-state index contributed by atoms with van der Waals surface area (Å²) in [6, 6.07) is 0. The van der Waals surface area contributed by atoms with Gasteiger partial charge in [0.05, 0.1) is 0 Å². The second-order valence-corrected chi connectivity index (χ2v) is 3.33. The minimum atomic E-state index is -0.422. The number of hydrogen-bond acceptors (Lipinski definition) is 6. The third kappa shape index (κ3) is 1.59. The lowest BCUT2D eigenvalue weighted by Gasteiger charge is -2.27. The third-order valence-corrected chi connectivity index (χ3v) is 2.50. The fraction of sp³-hybridized carbons (Fsp3) is 0.500. The van der Waals surface area contributed by atoms with E-state index >= 15 is 0 Å². The molecule has 0 aromatic rings. The zero-order chi connectivity index (χ0) is 10.0. The Bertz CT molecular complexity index is 288. The van der Waals surface area contributed by atoms with Crippen LogP contribution in [0.4, 0.5) is 0 Å². The number of oxime groups is 1. The molecule has 0 saturated heterocycles. The molecule has 0 bridgehead atoms. The van der Waals surface area contributed by atoms with E-state index in [9.17, 15) is 4.79 Å². The summed E-state index contributed by atoms with van der Waals surface area (Å²) in [6.07, 6.45) is 1.81. The van der Waals surface area contributed by atoms with Crippen molar-refractivity contribution in [3.05, 3.63) is 0 Å². The number of carbonyl (C=O) groups is 1. The minimum absolute atomic E-state index is 0.0232. The summed E-state index contributed by atoms with van der Waals surface area (Å²) in [5, 5.41) is 11.3. The van der Waals surface area contributed by atoms with Crippen LogP contribution in [0.2, 0.25) is 0 Å². The average molecular weight is 202 g/mol. The Balaban J connectivity index is 3.06. The highest BCUT2D eigenvalue weighted by Gasteiger charge is 2.31. The zero-order valence-corrected chi connectivity index (χ0v) is 8.08. The number of amides is 1. The first kappa shape index (κ1) is 9.85. The third-order valence-electron chi connectivity index (χ3n) is 1.66. The summed E-state index contributed by atoms with van der Waals surface area (Å²) in [4.78, 5) is 16.7. The van der Waals surface area contributed by atoms with Gasteiger partial charge in [-0.25, -0.2) is 4.99 Å². The highest BCUT2D eigenvalue weighted by molar-refractivity contribution is 7.99. The molecule has 1 amide bonds. The summed E-state index contributed by atoms with van der Waals surface area (Å²) in [7, 11) is 1.57. The van der Waals surface area contributed by atoms with Crippen LogP contribution in [0.5, 0.6) is 0 Å². The quantitative estimate of drug-likeness (QED) is 0.434. The number of rotatable bonds is 1. The molecule has 0 saturated carbocycles. The average Bonchev–Trinajstić information content (AvgIpc) is 2.12. The summed E-state index contributed by atoms with van der Waals surface area (Å²) >= 11 is 1.37. The Kier molecular flexibility index (Phi) is 2.76. The molecule has 0 aromatic heterocycles. The second kappa shape index (κ2) is 3.65. The smallest absolute Gasteiger partial charge is 0.281 e. The number of aliphatic imine (C=N–C) groups is 1. The molecule has 1 atom stereocenters. The molecule has 1 rings (SSSR count). The maximum absolute atomic E-state index is 11.4. The van der Waals surface area contributed by atoms with E-state index in [1.54, 1.807) is 7.05 Å². The number of hydrogen-bond donors (Lipinski definition) is 2. The second-order valence-electron chi connectivity index (χ2n) is 2.44. The van der Waals surface area contributed by atoms with Crippen LogP contribution in [0.1, 0.15) is 0 Å². The molecule has 7 heteroatoms. The van der Waals surface area contributed by atoms with Crippen molar-refractivity contribution in [2.24, 2.45) is 15.9 Å². The van der Waals surface area contributed by atoms with E-state index in [4.69, 9.17) is 10.9 Å². The van der Waals surface area contributed by atoms with Crippen LogP contribution < -0.4 is 5.73 Å². The van der Waals surface area contributed by atoms with Gasteiger partial charge in [0.2, 0.25) is 5.71 Å². The van der Waals surface area contributed by atoms with Gasteiger partial charge in [0.1, 0.15) is 0 Å². The van der Waals surface area contributed by atoms with Gasteiger partial charge in [-0.1, -0.05) is 5.16 Å². The molecule has 3 N–H and O–H groups in total. The fourth-order valence-electron chi connectivity index (χ4n) is 0.948. The van der Waals surface area contributed by atoms with Crippen LogP contribution in [-0.4, -0.2) is 46.4 Å². The van der Waals surface area contributed by atoms with Gasteiger partial charge in [-0.05, 0) is 6.26 Å². The highest BCUT2D eigenvalue weighted by Crippen LogP contribution is 2.16. The topological polar surface area (TPSA) is 91.3 Å².